The zero-order valence-electron chi connectivity index (χ0n) is 12.4. The minimum Gasteiger partial charge on any atom is -0.308 e. The van der Waals surface area contributed by atoms with E-state index in [0.29, 0.717) is 15.7 Å². The van der Waals surface area contributed by atoms with E-state index in [1.807, 2.05) is 12.1 Å². The molecule has 0 spiro atoms. The third kappa shape index (κ3) is 3.90. The van der Waals surface area contributed by atoms with Gasteiger partial charge >= 0.3 is 0 Å². The van der Waals surface area contributed by atoms with E-state index < -0.39 is 10.8 Å². The number of thiazole rings is 1. The molecule has 3 rings (SSSR count). The molecule has 0 saturated carbocycles. The molecule has 0 aliphatic rings. The normalized spacial score (nSPS) is 10.4. The molecule has 7 nitrogen and oxygen atoms in total. The molecule has 0 bridgehead atoms. The second-order valence-corrected chi connectivity index (χ2v) is 6.67. The third-order valence-corrected chi connectivity index (χ3v) is 4.58. The number of halogens is 1. The second kappa shape index (κ2) is 7.09. The summed E-state index contributed by atoms with van der Waals surface area (Å²) in [5.41, 5.74) is 0.600. The van der Waals surface area contributed by atoms with E-state index in [1.165, 1.54) is 35.6 Å². The number of thiocarbonyl (C=S) groups is 1. The number of benzene rings is 2. The van der Waals surface area contributed by atoms with Crippen molar-refractivity contribution in [2.75, 3.05) is 5.32 Å². The highest BCUT2D eigenvalue weighted by Crippen LogP contribution is 2.30. The summed E-state index contributed by atoms with van der Waals surface area (Å²) in [7, 11) is 0. The smallest absolute Gasteiger partial charge is 0.270 e. The van der Waals surface area contributed by atoms with Crippen molar-refractivity contribution in [3.8, 4) is 0 Å². The minimum absolute atomic E-state index is 0.0340. The number of amides is 1. The van der Waals surface area contributed by atoms with Crippen LogP contribution in [0.4, 0.5) is 10.8 Å². The van der Waals surface area contributed by atoms with Crippen LogP contribution >= 0.6 is 35.2 Å². The molecule has 0 fully saturated rings. The van der Waals surface area contributed by atoms with Gasteiger partial charge in [-0.25, -0.2) is 4.98 Å². The monoisotopic (exact) mass is 392 g/mol. The number of non-ortho nitro benzene ring substituents is 1. The highest BCUT2D eigenvalue weighted by molar-refractivity contribution is 7.80. The van der Waals surface area contributed by atoms with Crippen molar-refractivity contribution in [1.29, 1.82) is 0 Å². The molecule has 0 aliphatic carbocycles. The van der Waals surface area contributed by atoms with E-state index in [2.05, 4.69) is 15.6 Å². The quantitative estimate of drug-likeness (QED) is 0.397. The molecule has 1 aromatic heterocycles. The summed E-state index contributed by atoms with van der Waals surface area (Å²) in [6.07, 6.45) is 0. The number of nitro groups is 1. The number of carbonyl (C=O) groups excluding carboxylic acids is 1. The number of aromatic nitrogens is 1. The third-order valence-electron chi connectivity index (χ3n) is 3.14. The van der Waals surface area contributed by atoms with Gasteiger partial charge in [-0.05, 0) is 30.4 Å². The van der Waals surface area contributed by atoms with Crippen molar-refractivity contribution in [3.05, 3.63) is 63.2 Å². The average molecular weight is 393 g/mol. The molecule has 10 heteroatoms. The molecule has 0 radical (unpaired) electrons. The fourth-order valence-corrected chi connectivity index (χ4v) is 3.46. The van der Waals surface area contributed by atoms with E-state index in [9.17, 15) is 14.9 Å². The van der Waals surface area contributed by atoms with Crippen LogP contribution in [0, 0.1) is 10.1 Å². The van der Waals surface area contributed by atoms with Crippen LogP contribution in [0.5, 0.6) is 0 Å². The number of nitrogens with zero attached hydrogens (tertiary/aromatic N) is 2. The van der Waals surface area contributed by atoms with E-state index in [1.54, 1.807) is 6.07 Å². The van der Waals surface area contributed by atoms with Crippen LogP contribution in [0.2, 0.25) is 5.02 Å². The molecule has 0 unspecified atom stereocenters. The number of rotatable bonds is 3. The summed E-state index contributed by atoms with van der Waals surface area (Å²) in [6.45, 7) is 0. The number of anilines is 1. The van der Waals surface area contributed by atoms with E-state index in [-0.39, 0.29) is 16.4 Å². The van der Waals surface area contributed by atoms with Gasteiger partial charge in [0.15, 0.2) is 10.2 Å². The number of carbonyl (C=O) groups is 1. The molecule has 0 atom stereocenters. The van der Waals surface area contributed by atoms with Gasteiger partial charge in [0.05, 0.1) is 14.6 Å². The fourth-order valence-electron chi connectivity index (χ4n) is 2.03. The maximum atomic E-state index is 12.1. The second-order valence-electron chi connectivity index (χ2n) is 4.82. The van der Waals surface area contributed by atoms with Crippen molar-refractivity contribution >= 4 is 67.2 Å². The molecule has 1 heterocycles. The molecule has 3 aromatic rings. The van der Waals surface area contributed by atoms with E-state index >= 15 is 0 Å². The van der Waals surface area contributed by atoms with Crippen molar-refractivity contribution in [3.63, 3.8) is 0 Å². The van der Waals surface area contributed by atoms with Gasteiger partial charge in [-0.1, -0.05) is 35.1 Å². The standard InChI is InChI=1S/C15H9ClN4O3S2/c16-10-5-2-6-11-12(10)17-15(25-11)19-14(24)18-13(21)8-3-1-4-9(7-8)20(22)23/h1-7H,(H2,17,18,19,21,24). The van der Waals surface area contributed by atoms with Gasteiger partial charge in [0.25, 0.3) is 11.6 Å². The minimum atomic E-state index is -0.571. The van der Waals surface area contributed by atoms with Crippen LogP contribution in [0.1, 0.15) is 10.4 Å². The van der Waals surface area contributed by atoms with Gasteiger partial charge in [-0.3, -0.25) is 20.2 Å². The maximum Gasteiger partial charge on any atom is 0.270 e. The molecular weight excluding hydrogens is 384 g/mol. The van der Waals surface area contributed by atoms with Gasteiger partial charge in [0, 0.05) is 17.7 Å². The fraction of sp³-hybridized carbons (Fsp3) is 0. The summed E-state index contributed by atoms with van der Waals surface area (Å²) in [5.74, 6) is -0.555. The number of nitrogens with one attached hydrogen (secondary N) is 2. The predicted molar refractivity (Wildman–Crippen MR) is 101 cm³/mol. The van der Waals surface area contributed by atoms with Crippen LogP contribution in [-0.2, 0) is 0 Å². The van der Waals surface area contributed by atoms with Crippen LogP contribution in [0.15, 0.2) is 42.5 Å². The molecular formula is C15H9ClN4O3S2. The Bertz CT molecular complexity index is 1010. The van der Waals surface area contributed by atoms with E-state index in [0.717, 1.165) is 4.70 Å². The molecule has 126 valence electrons. The Morgan fingerprint density at radius 2 is 2.04 bits per heavy atom. The number of fused-ring (bicyclic) bond motifs is 1. The molecule has 2 N–H and O–H groups in total. The zero-order chi connectivity index (χ0) is 18.0. The molecule has 25 heavy (non-hydrogen) atoms. The Balaban J connectivity index is 1.71. The maximum absolute atomic E-state index is 12.1. The van der Waals surface area contributed by atoms with Crippen molar-refractivity contribution in [2.45, 2.75) is 0 Å². The van der Waals surface area contributed by atoms with Gasteiger partial charge in [-0.2, -0.15) is 0 Å². The summed E-state index contributed by atoms with van der Waals surface area (Å²) in [5, 5.41) is 17.1. The van der Waals surface area contributed by atoms with Crippen molar-refractivity contribution in [2.24, 2.45) is 0 Å². The average Bonchev–Trinajstić information content (AvgIpc) is 2.98. The van der Waals surface area contributed by atoms with Crippen LogP contribution in [0.25, 0.3) is 10.2 Å². The highest BCUT2D eigenvalue weighted by Gasteiger charge is 2.14. The largest absolute Gasteiger partial charge is 0.308 e. The van der Waals surface area contributed by atoms with Crippen LogP contribution in [0.3, 0.4) is 0 Å². The molecule has 2 aromatic carbocycles. The van der Waals surface area contributed by atoms with Crippen LogP contribution < -0.4 is 10.6 Å². The first-order valence-electron chi connectivity index (χ1n) is 6.86. The number of nitro benzene ring substituents is 1. The van der Waals surface area contributed by atoms with Gasteiger partial charge in [0.2, 0.25) is 0 Å². The lowest BCUT2D eigenvalue weighted by molar-refractivity contribution is -0.384. The Morgan fingerprint density at radius 1 is 1.28 bits per heavy atom. The van der Waals surface area contributed by atoms with Crippen molar-refractivity contribution in [1.82, 2.24) is 10.3 Å². The summed E-state index contributed by atoms with van der Waals surface area (Å²) >= 11 is 12.5. The zero-order valence-corrected chi connectivity index (χ0v) is 14.7. The van der Waals surface area contributed by atoms with Gasteiger partial charge < -0.3 is 5.32 Å². The molecule has 0 saturated heterocycles. The Morgan fingerprint density at radius 3 is 2.76 bits per heavy atom. The Labute approximate surface area is 155 Å². The SMILES string of the molecule is O=C(NC(=S)Nc1nc2c(Cl)cccc2s1)c1cccc([N+](=O)[O-])c1. The van der Waals surface area contributed by atoms with Crippen molar-refractivity contribution < 1.29 is 9.72 Å². The predicted octanol–water partition coefficient (Wildman–Crippen LogP) is 3.98. The molecule has 0 aliphatic heterocycles. The first-order valence-corrected chi connectivity index (χ1v) is 8.46. The summed E-state index contributed by atoms with van der Waals surface area (Å²) in [6, 6.07) is 10.8. The number of hydrogen-bond acceptors (Lipinski definition) is 6. The summed E-state index contributed by atoms with van der Waals surface area (Å²) < 4.78 is 0.878. The Kier molecular flexibility index (Phi) is 4.88. The van der Waals surface area contributed by atoms with Gasteiger partial charge in [-0.15, -0.1) is 0 Å². The summed E-state index contributed by atoms with van der Waals surface area (Å²) in [4.78, 5) is 26.7. The van der Waals surface area contributed by atoms with Crippen LogP contribution in [-0.4, -0.2) is 20.9 Å². The van der Waals surface area contributed by atoms with Gasteiger partial charge in [0.1, 0.15) is 5.52 Å². The first kappa shape index (κ1) is 17.2. The number of para-hydroxylation sites is 1. The highest BCUT2D eigenvalue weighted by atomic mass is 35.5. The Hall–Kier alpha value is -2.62. The first-order chi connectivity index (χ1) is 11.9. The lowest BCUT2D eigenvalue weighted by Gasteiger charge is -2.07. The number of hydrogen-bond donors (Lipinski definition) is 2. The lowest BCUT2D eigenvalue weighted by atomic mass is 10.2. The molecule has 1 amide bonds. The lowest BCUT2D eigenvalue weighted by Crippen LogP contribution is -2.34. The topological polar surface area (TPSA) is 97.2 Å². The van der Waals surface area contributed by atoms with E-state index in [4.69, 9.17) is 23.8 Å².